The van der Waals surface area contributed by atoms with Gasteiger partial charge in [-0.3, -0.25) is 4.79 Å². The molecule has 0 aliphatic heterocycles. The van der Waals surface area contributed by atoms with Gasteiger partial charge in [-0.1, -0.05) is 66.7 Å². The van der Waals surface area contributed by atoms with E-state index in [-0.39, 0.29) is 5.91 Å². The van der Waals surface area contributed by atoms with Gasteiger partial charge in [-0.2, -0.15) is 0 Å². The van der Waals surface area contributed by atoms with Crippen LogP contribution in [-0.2, 0) is 0 Å². The number of nitrogens with zero attached hydrogens (tertiary/aromatic N) is 1. The van der Waals surface area contributed by atoms with Gasteiger partial charge in [-0.05, 0) is 35.7 Å². The van der Waals surface area contributed by atoms with Gasteiger partial charge in [0.1, 0.15) is 6.10 Å². The molecule has 0 heterocycles. The molecule has 0 spiro atoms. The molecule has 0 unspecified atom stereocenters. The fourth-order valence-electron chi connectivity index (χ4n) is 3.24. The van der Waals surface area contributed by atoms with Crippen LogP contribution in [0, 0.1) is 0 Å². The minimum Gasteiger partial charge on any atom is -0.384 e. The van der Waals surface area contributed by atoms with Crippen molar-refractivity contribution in [1.82, 2.24) is 4.90 Å². The first-order valence-corrected chi connectivity index (χ1v) is 8.71. The van der Waals surface area contributed by atoms with Crippen LogP contribution in [0.4, 0.5) is 0 Å². The van der Waals surface area contributed by atoms with Gasteiger partial charge in [-0.15, -0.1) is 0 Å². The Morgan fingerprint density at radius 2 is 1.56 bits per heavy atom. The van der Waals surface area contributed by atoms with Crippen molar-refractivity contribution < 1.29 is 9.90 Å². The lowest BCUT2D eigenvalue weighted by atomic mass is 9.91. The third-order valence-corrected chi connectivity index (χ3v) is 4.64. The van der Waals surface area contributed by atoms with Crippen LogP contribution in [-0.4, -0.2) is 29.0 Å². The quantitative estimate of drug-likeness (QED) is 0.751. The third-order valence-electron chi connectivity index (χ3n) is 4.64. The first kappa shape index (κ1) is 17.2. The molecule has 25 heavy (non-hydrogen) atoms. The van der Waals surface area contributed by atoms with Crippen molar-refractivity contribution in [2.75, 3.05) is 13.1 Å². The summed E-state index contributed by atoms with van der Waals surface area (Å²) in [5.74, 6) is -0.0354. The number of carbonyl (C=O) groups excluding carboxylic acids is 1. The number of benzene rings is 3. The summed E-state index contributed by atoms with van der Waals surface area (Å²) in [6, 6.07) is 21.1. The molecule has 0 radical (unpaired) electrons. The second-order valence-corrected chi connectivity index (χ2v) is 6.04. The van der Waals surface area contributed by atoms with Crippen molar-refractivity contribution in [1.29, 1.82) is 0 Å². The molecular weight excluding hydrogens is 310 g/mol. The van der Waals surface area contributed by atoms with Gasteiger partial charge in [-0.25, -0.2) is 0 Å². The zero-order valence-corrected chi connectivity index (χ0v) is 14.6. The van der Waals surface area contributed by atoms with E-state index in [1.165, 1.54) is 0 Å². The van der Waals surface area contributed by atoms with Gasteiger partial charge in [0.25, 0.3) is 5.91 Å². The maximum atomic E-state index is 13.2. The van der Waals surface area contributed by atoms with E-state index in [9.17, 15) is 9.90 Å². The van der Waals surface area contributed by atoms with Gasteiger partial charge in [0, 0.05) is 13.1 Å². The largest absolute Gasteiger partial charge is 0.384 e. The summed E-state index contributed by atoms with van der Waals surface area (Å²) in [6.07, 6.45) is -0.833. The lowest BCUT2D eigenvalue weighted by Crippen LogP contribution is -2.31. The van der Waals surface area contributed by atoms with Crippen LogP contribution in [0.15, 0.2) is 66.7 Å². The topological polar surface area (TPSA) is 40.5 Å². The number of aliphatic hydroxyl groups excluding tert-OH is 1. The van der Waals surface area contributed by atoms with Crippen molar-refractivity contribution in [3.05, 3.63) is 83.4 Å². The van der Waals surface area contributed by atoms with Crippen LogP contribution in [0.3, 0.4) is 0 Å². The van der Waals surface area contributed by atoms with E-state index in [1.807, 2.05) is 80.6 Å². The van der Waals surface area contributed by atoms with Gasteiger partial charge >= 0.3 is 0 Å². The van der Waals surface area contributed by atoms with Crippen molar-refractivity contribution in [2.45, 2.75) is 20.0 Å². The summed E-state index contributed by atoms with van der Waals surface area (Å²) in [5, 5.41) is 12.8. The van der Waals surface area contributed by atoms with Crippen molar-refractivity contribution in [3.8, 4) is 0 Å². The van der Waals surface area contributed by atoms with E-state index in [0.717, 1.165) is 16.3 Å². The maximum Gasteiger partial charge on any atom is 0.254 e. The van der Waals surface area contributed by atoms with E-state index in [1.54, 1.807) is 4.90 Å². The lowest BCUT2D eigenvalue weighted by molar-refractivity contribution is 0.0770. The molecule has 0 saturated heterocycles. The standard InChI is InChI=1S/C22H23NO2/c1-3-23(4-2)22(25)20-18-13-9-8-10-16(18)14-15-19(20)21(24)17-11-6-5-7-12-17/h5-15,21,24H,3-4H2,1-2H3/t21-/m0/s1. The highest BCUT2D eigenvalue weighted by molar-refractivity contribution is 6.08. The van der Waals surface area contributed by atoms with Crippen LogP contribution in [0.2, 0.25) is 0 Å². The molecule has 0 bridgehead atoms. The summed E-state index contributed by atoms with van der Waals surface area (Å²) >= 11 is 0. The molecule has 0 saturated carbocycles. The molecular formula is C22H23NO2. The second kappa shape index (κ2) is 7.49. The smallest absolute Gasteiger partial charge is 0.254 e. The number of amides is 1. The maximum absolute atomic E-state index is 13.2. The number of fused-ring (bicyclic) bond motifs is 1. The molecule has 1 amide bonds. The molecule has 1 N–H and O–H groups in total. The van der Waals surface area contributed by atoms with Crippen LogP contribution >= 0.6 is 0 Å². The number of hydrogen-bond acceptors (Lipinski definition) is 2. The van der Waals surface area contributed by atoms with Gasteiger partial charge in [0.2, 0.25) is 0 Å². The molecule has 0 aliphatic carbocycles. The van der Waals surface area contributed by atoms with E-state index >= 15 is 0 Å². The molecule has 3 nitrogen and oxygen atoms in total. The Labute approximate surface area is 148 Å². The molecule has 1 atom stereocenters. The van der Waals surface area contributed by atoms with Gasteiger partial charge in [0.15, 0.2) is 0 Å². The van der Waals surface area contributed by atoms with E-state index < -0.39 is 6.10 Å². The van der Waals surface area contributed by atoms with Crippen LogP contribution < -0.4 is 0 Å². The van der Waals surface area contributed by atoms with Crippen LogP contribution in [0.5, 0.6) is 0 Å². The summed E-state index contributed by atoms with van der Waals surface area (Å²) < 4.78 is 0. The number of hydrogen-bond donors (Lipinski definition) is 1. The zero-order chi connectivity index (χ0) is 17.8. The van der Waals surface area contributed by atoms with Crippen molar-refractivity contribution in [2.24, 2.45) is 0 Å². The van der Waals surface area contributed by atoms with Crippen molar-refractivity contribution >= 4 is 16.7 Å². The highest BCUT2D eigenvalue weighted by Gasteiger charge is 2.24. The minimum absolute atomic E-state index is 0.0354. The highest BCUT2D eigenvalue weighted by Crippen LogP contribution is 2.31. The molecule has 3 rings (SSSR count). The Hall–Kier alpha value is -2.65. The fraction of sp³-hybridized carbons (Fsp3) is 0.227. The lowest BCUT2D eigenvalue weighted by Gasteiger charge is -2.23. The predicted octanol–water partition coefficient (Wildman–Crippen LogP) is 4.40. The number of aliphatic hydroxyl groups is 1. The molecule has 128 valence electrons. The number of carbonyl (C=O) groups is 1. The molecule has 0 fully saturated rings. The number of rotatable bonds is 5. The Bertz CT molecular complexity index is 870. The Morgan fingerprint density at radius 3 is 2.24 bits per heavy atom. The van der Waals surface area contributed by atoms with Gasteiger partial charge < -0.3 is 10.0 Å². The molecule has 0 aliphatic rings. The fourth-order valence-corrected chi connectivity index (χ4v) is 3.24. The van der Waals surface area contributed by atoms with Crippen LogP contribution in [0.1, 0.15) is 41.4 Å². The molecule has 3 aromatic rings. The Morgan fingerprint density at radius 1 is 0.920 bits per heavy atom. The molecule has 3 aromatic carbocycles. The normalized spacial score (nSPS) is 12.1. The van der Waals surface area contributed by atoms with E-state index in [4.69, 9.17) is 0 Å². The summed E-state index contributed by atoms with van der Waals surface area (Å²) in [7, 11) is 0. The SMILES string of the molecule is CCN(CC)C(=O)c1c([C@@H](O)c2ccccc2)ccc2ccccc12. The average molecular weight is 333 g/mol. The summed E-state index contributed by atoms with van der Waals surface area (Å²) in [6.45, 7) is 5.22. The molecule has 0 aromatic heterocycles. The first-order valence-electron chi connectivity index (χ1n) is 8.71. The zero-order valence-electron chi connectivity index (χ0n) is 14.6. The minimum atomic E-state index is -0.833. The van der Waals surface area contributed by atoms with Gasteiger partial charge in [0.05, 0.1) is 5.56 Å². The Balaban J connectivity index is 2.21. The Kier molecular flexibility index (Phi) is 5.15. The monoisotopic (exact) mass is 333 g/mol. The van der Waals surface area contributed by atoms with E-state index in [2.05, 4.69) is 0 Å². The van der Waals surface area contributed by atoms with E-state index in [0.29, 0.717) is 24.2 Å². The summed E-state index contributed by atoms with van der Waals surface area (Å²) in [4.78, 5) is 15.0. The predicted molar refractivity (Wildman–Crippen MR) is 102 cm³/mol. The first-order chi connectivity index (χ1) is 12.2. The summed E-state index contributed by atoms with van der Waals surface area (Å²) in [5.41, 5.74) is 2.03. The van der Waals surface area contributed by atoms with Crippen molar-refractivity contribution in [3.63, 3.8) is 0 Å². The third kappa shape index (κ3) is 3.28. The average Bonchev–Trinajstić information content (AvgIpc) is 2.68. The highest BCUT2D eigenvalue weighted by atomic mass is 16.3. The molecule has 3 heteroatoms. The van der Waals surface area contributed by atoms with Crippen LogP contribution in [0.25, 0.3) is 10.8 Å². The second-order valence-electron chi connectivity index (χ2n) is 6.04.